The highest BCUT2D eigenvalue weighted by atomic mass is 32.5. The fourth-order valence-corrected chi connectivity index (χ4v) is 2.44. The third-order valence-electron chi connectivity index (χ3n) is 1.85. The third-order valence-corrected chi connectivity index (χ3v) is 4.86. The first-order valence-electron chi connectivity index (χ1n) is 4.37. The summed E-state index contributed by atoms with van der Waals surface area (Å²) in [7, 11) is -1.68. The van der Waals surface area contributed by atoms with Gasteiger partial charge in [-0.15, -0.1) is 0 Å². The smallest absolute Gasteiger partial charge is 0.234 e. The molecule has 1 unspecified atom stereocenters. The Morgan fingerprint density at radius 2 is 1.75 bits per heavy atom. The molecule has 1 aromatic carbocycles. The van der Waals surface area contributed by atoms with Crippen LogP contribution in [0, 0.1) is 0 Å². The van der Waals surface area contributed by atoms with Crippen LogP contribution < -0.4 is 4.52 Å². The minimum Gasteiger partial charge on any atom is -0.444 e. The minimum absolute atomic E-state index is 0.252. The molecule has 0 heterocycles. The Balaban J connectivity index is 2.93. The van der Waals surface area contributed by atoms with Crippen molar-refractivity contribution >= 4 is 28.1 Å². The number of rotatable bonds is 4. The number of hydrogen-bond donors (Lipinski definition) is 0. The lowest BCUT2D eigenvalue weighted by atomic mass is 10.3. The Kier molecular flexibility index (Phi) is 4.12. The van der Waals surface area contributed by atoms with E-state index in [0.717, 1.165) is 6.26 Å². The van der Waals surface area contributed by atoms with Crippen LogP contribution in [0.5, 0.6) is 5.75 Å². The van der Waals surface area contributed by atoms with Crippen molar-refractivity contribution in [3.63, 3.8) is 0 Å². The second-order valence-corrected chi connectivity index (χ2v) is 9.38. The van der Waals surface area contributed by atoms with Crippen LogP contribution in [-0.4, -0.2) is 28.4 Å². The van der Waals surface area contributed by atoms with Crippen LogP contribution in [0.4, 0.5) is 0 Å². The second-order valence-electron chi connectivity index (χ2n) is 3.29. The largest absolute Gasteiger partial charge is 0.444 e. The molecule has 0 fully saturated rings. The van der Waals surface area contributed by atoms with Crippen molar-refractivity contribution in [2.24, 2.45) is 0 Å². The highest BCUT2D eigenvalue weighted by Crippen LogP contribution is 2.43. The molecule has 4 nitrogen and oxygen atoms in total. The van der Waals surface area contributed by atoms with Crippen LogP contribution in [-0.2, 0) is 26.2 Å². The van der Waals surface area contributed by atoms with Gasteiger partial charge in [-0.2, -0.15) is 0 Å². The van der Waals surface area contributed by atoms with Gasteiger partial charge in [0, 0.05) is 20.0 Å². The van der Waals surface area contributed by atoms with Gasteiger partial charge in [0.1, 0.15) is 5.75 Å². The van der Waals surface area contributed by atoms with Gasteiger partial charge in [-0.25, -0.2) is 8.42 Å². The van der Waals surface area contributed by atoms with Gasteiger partial charge in [0.15, 0.2) is 9.84 Å². The Labute approximate surface area is 101 Å². The molecule has 0 aliphatic heterocycles. The van der Waals surface area contributed by atoms with E-state index in [2.05, 4.69) is 0 Å². The molecule has 0 aromatic heterocycles. The van der Waals surface area contributed by atoms with Crippen molar-refractivity contribution in [2.75, 3.05) is 20.0 Å². The number of benzene rings is 1. The van der Waals surface area contributed by atoms with E-state index in [0.29, 0.717) is 5.75 Å². The van der Waals surface area contributed by atoms with E-state index < -0.39 is 16.3 Å². The first-order valence-corrected chi connectivity index (χ1v) is 9.35. The van der Waals surface area contributed by atoms with Gasteiger partial charge in [0.2, 0.25) is 6.49 Å². The van der Waals surface area contributed by atoms with Crippen LogP contribution in [0.1, 0.15) is 0 Å². The van der Waals surface area contributed by atoms with Crippen molar-refractivity contribution < 1.29 is 17.5 Å². The summed E-state index contributed by atoms with van der Waals surface area (Å²) in [5, 5.41) is 0. The standard InChI is InChI=1S/C9H13O4PS2/c1-12-14(2,15)13-8-4-6-9(7-5-8)16(3,10)11/h4-7H,1-3H3. The predicted molar refractivity (Wildman–Crippen MR) is 67.4 cm³/mol. The fourth-order valence-electron chi connectivity index (χ4n) is 0.976. The van der Waals surface area contributed by atoms with Gasteiger partial charge in [0.25, 0.3) is 0 Å². The van der Waals surface area contributed by atoms with Crippen molar-refractivity contribution in [1.29, 1.82) is 0 Å². The molecule has 0 N–H and O–H groups in total. The van der Waals surface area contributed by atoms with Gasteiger partial charge in [-0.1, -0.05) is 0 Å². The lowest BCUT2D eigenvalue weighted by Gasteiger charge is -2.16. The summed E-state index contributed by atoms with van der Waals surface area (Å²) < 4.78 is 32.9. The molecule has 0 radical (unpaired) electrons. The van der Waals surface area contributed by atoms with E-state index in [-0.39, 0.29) is 4.90 Å². The highest BCUT2D eigenvalue weighted by molar-refractivity contribution is 8.09. The normalized spacial score (nSPS) is 15.4. The van der Waals surface area contributed by atoms with Crippen molar-refractivity contribution in [2.45, 2.75) is 4.90 Å². The molecule has 1 rings (SSSR count). The summed E-state index contributed by atoms with van der Waals surface area (Å²) in [4.78, 5) is 0.252. The molecule has 90 valence electrons. The molecule has 1 aromatic rings. The maximum atomic E-state index is 11.2. The van der Waals surface area contributed by atoms with E-state index in [1.54, 1.807) is 18.8 Å². The molecule has 0 saturated heterocycles. The summed E-state index contributed by atoms with van der Waals surface area (Å²) in [5.41, 5.74) is 0. The van der Waals surface area contributed by atoms with E-state index >= 15 is 0 Å². The Morgan fingerprint density at radius 1 is 1.25 bits per heavy atom. The van der Waals surface area contributed by atoms with E-state index in [4.69, 9.17) is 20.9 Å². The Bertz CT molecular complexity index is 507. The van der Waals surface area contributed by atoms with Crippen LogP contribution in [0.3, 0.4) is 0 Å². The summed E-state index contributed by atoms with van der Waals surface area (Å²) in [6, 6.07) is 6.10. The molecule has 0 spiro atoms. The van der Waals surface area contributed by atoms with E-state index in [1.165, 1.54) is 19.2 Å². The molecule has 16 heavy (non-hydrogen) atoms. The highest BCUT2D eigenvalue weighted by Gasteiger charge is 2.12. The summed E-state index contributed by atoms with van der Waals surface area (Å²) in [6.45, 7) is -0.566. The maximum absolute atomic E-state index is 11.2. The van der Waals surface area contributed by atoms with Crippen LogP contribution in [0.25, 0.3) is 0 Å². The van der Waals surface area contributed by atoms with Crippen LogP contribution >= 0.6 is 6.49 Å². The Hall–Kier alpha value is -0.420. The molecule has 0 saturated carbocycles. The van der Waals surface area contributed by atoms with Gasteiger partial charge < -0.3 is 9.05 Å². The first kappa shape index (κ1) is 13.6. The van der Waals surface area contributed by atoms with E-state index in [9.17, 15) is 8.42 Å². The molecule has 1 atom stereocenters. The quantitative estimate of drug-likeness (QED) is 0.790. The average Bonchev–Trinajstić information content (AvgIpc) is 2.16. The molecule has 0 aliphatic rings. The maximum Gasteiger partial charge on any atom is 0.234 e. The first-order chi connectivity index (χ1) is 7.24. The second kappa shape index (κ2) is 4.84. The fraction of sp³-hybridized carbons (Fsp3) is 0.333. The number of hydrogen-bond acceptors (Lipinski definition) is 5. The van der Waals surface area contributed by atoms with Crippen LogP contribution in [0.15, 0.2) is 29.2 Å². The lowest BCUT2D eigenvalue weighted by Crippen LogP contribution is -1.97. The van der Waals surface area contributed by atoms with Crippen LogP contribution in [0.2, 0.25) is 0 Å². The molecule has 0 bridgehead atoms. The van der Waals surface area contributed by atoms with Gasteiger partial charge in [-0.05, 0) is 36.1 Å². The summed E-state index contributed by atoms with van der Waals surface area (Å²) in [6.07, 6.45) is 1.15. The van der Waals surface area contributed by atoms with Gasteiger partial charge >= 0.3 is 0 Å². The molecule has 7 heteroatoms. The zero-order chi connectivity index (χ0) is 12.4. The monoisotopic (exact) mass is 280 g/mol. The molecule has 0 aliphatic carbocycles. The summed E-state index contributed by atoms with van der Waals surface area (Å²) >= 11 is 5.08. The summed E-state index contributed by atoms with van der Waals surface area (Å²) in [5.74, 6) is 0.514. The minimum atomic E-state index is -3.17. The van der Waals surface area contributed by atoms with Gasteiger partial charge in [0.05, 0.1) is 4.90 Å². The zero-order valence-electron chi connectivity index (χ0n) is 9.21. The lowest BCUT2D eigenvalue weighted by molar-refractivity contribution is 0.397. The van der Waals surface area contributed by atoms with Gasteiger partial charge in [-0.3, -0.25) is 0 Å². The Morgan fingerprint density at radius 3 is 2.12 bits per heavy atom. The van der Waals surface area contributed by atoms with Crippen molar-refractivity contribution in [1.82, 2.24) is 0 Å². The predicted octanol–water partition coefficient (Wildman–Crippen LogP) is 2.05. The number of sulfone groups is 1. The zero-order valence-corrected chi connectivity index (χ0v) is 11.7. The topological polar surface area (TPSA) is 52.6 Å². The SMILES string of the molecule is COP(C)(=S)Oc1ccc(S(C)(=O)=O)cc1. The average molecular weight is 280 g/mol. The molecular weight excluding hydrogens is 267 g/mol. The van der Waals surface area contributed by atoms with Crippen molar-refractivity contribution in [3.05, 3.63) is 24.3 Å². The van der Waals surface area contributed by atoms with E-state index in [1.807, 2.05) is 0 Å². The third kappa shape index (κ3) is 3.87. The molecular formula is C9H13O4PS2. The molecule has 0 amide bonds. The van der Waals surface area contributed by atoms with Crippen molar-refractivity contribution in [3.8, 4) is 5.75 Å².